The van der Waals surface area contributed by atoms with E-state index in [0.29, 0.717) is 12.8 Å². The van der Waals surface area contributed by atoms with Gasteiger partial charge in [-0.1, -0.05) is 54.6 Å². The first-order chi connectivity index (χ1) is 10.2. The Morgan fingerprint density at radius 1 is 1.00 bits per heavy atom. The fourth-order valence-electron chi connectivity index (χ4n) is 3.64. The van der Waals surface area contributed by atoms with Crippen molar-refractivity contribution >= 4 is 22.7 Å². The predicted molar refractivity (Wildman–Crippen MR) is 78.6 cm³/mol. The smallest absolute Gasteiger partial charge is 0.325 e. The molecule has 3 heteroatoms. The first-order valence-corrected chi connectivity index (χ1v) is 7.13. The number of carbonyl (C=O) groups excluding carboxylic acids is 2. The molecule has 4 rings (SSSR count). The predicted octanol–water partition coefficient (Wildman–Crippen LogP) is 3.13. The molecule has 2 atom stereocenters. The van der Waals surface area contributed by atoms with Crippen LogP contribution in [-0.2, 0) is 19.7 Å². The van der Waals surface area contributed by atoms with Crippen molar-refractivity contribution in [1.82, 2.24) is 0 Å². The van der Waals surface area contributed by atoms with Gasteiger partial charge in [-0.15, -0.1) is 0 Å². The van der Waals surface area contributed by atoms with Crippen LogP contribution in [0.4, 0.5) is 0 Å². The van der Waals surface area contributed by atoms with Gasteiger partial charge in [0.1, 0.15) is 5.41 Å². The van der Waals surface area contributed by atoms with Crippen molar-refractivity contribution in [3.8, 4) is 0 Å². The zero-order chi connectivity index (χ0) is 14.4. The maximum atomic E-state index is 12.5. The summed E-state index contributed by atoms with van der Waals surface area (Å²) in [5, 5.41) is 2.09. The summed E-state index contributed by atoms with van der Waals surface area (Å²) in [7, 11) is 0. The summed E-state index contributed by atoms with van der Waals surface area (Å²) in [5.41, 5.74) is 0.0537. The molecule has 1 aliphatic carbocycles. The number of rotatable bonds is 1. The molecule has 1 aliphatic heterocycles. The van der Waals surface area contributed by atoms with Crippen molar-refractivity contribution in [2.45, 2.75) is 18.3 Å². The van der Waals surface area contributed by atoms with E-state index in [0.717, 1.165) is 16.3 Å². The summed E-state index contributed by atoms with van der Waals surface area (Å²) in [6, 6.07) is 13.9. The van der Waals surface area contributed by atoms with Crippen LogP contribution in [0.2, 0.25) is 0 Å². The van der Waals surface area contributed by atoms with Gasteiger partial charge in [0, 0.05) is 0 Å². The maximum Gasteiger partial charge on any atom is 0.325 e. The molecule has 2 aromatic carbocycles. The summed E-state index contributed by atoms with van der Waals surface area (Å²) in [6.07, 6.45) is 5.04. The van der Waals surface area contributed by atoms with Crippen LogP contribution in [0.3, 0.4) is 0 Å². The first kappa shape index (κ1) is 12.3. The summed E-state index contributed by atoms with van der Waals surface area (Å²) in [5.74, 6) is -1.20. The fourth-order valence-corrected chi connectivity index (χ4v) is 3.64. The monoisotopic (exact) mass is 278 g/mol. The van der Waals surface area contributed by atoms with E-state index in [-0.39, 0.29) is 0 Å². The third-order valence-corrected chi connectivity index (χ3v) is 4.69. The number of allylic oxidation sites excluding steroid dienone is 2. The molecule has 0 unspecified atom stereocenters. The van der Waals surface area contributed by atoms with E-state index in [1.165, 1.54) is 0 Å². The topological polar surface area (TPSA) is 43.4 Å². The van der Waals surface area contributed by atoms with Crippen LogP contribution in [0.15, 0.2) is 54.6 Å². The van der Waals surface area contributed by atoms with Gasteiger partial charge in [-0.25, -0.2) is 0 Å². The molecule has 0 aromatic heterocycles. The molecular formula is C18H14O3. The molecule has 1 saturated heterocycles. The number of hydrogen-bond donors (Lipinski definition) is 0. The highest BCUT2D eigenvalue weighted by atomic mass is 16.6. The number of benzene rings is 2. The lowest BCUT2D eigenvalue weighted by Crippen LogP contribution is -2.40. The van der Waals surface area contributed by atoms with Crippen LogP contribution in [-0.4, -0.2) is 11.9 Å². The molecule has 0 N–H and O–H groups in total. The number of carbonyl (C=O) groups is 2. The summed E-state index contributed by atoms with van der Waals surface area (Å²) < 4.78 is 5.00. The SMILES string of the molecule is O=C1OC(=O)[C@@]2(c3cccc4ccccc34)CC=CC[C@@H]12. The van der Waals surface area contributed by atoms with Crippen molar-refractivity contribution in [2.24, 2.45) is 5.92 Å². The molecule has 21 heavy (non-hydrogen) atoms. The Labute approximate surface area is 122 Å². The number of esters is 2. The van der Waals surface area contributed by atoms with Crippen molar-refractivity contribution in [3.63, 3.8) is 0 Å². The van der Waals surface area contributed by atoms with E-state index in [2.05, 4.69) is 0 Å². The van der Waals surface area contributed by atoms with Crippen LogP contribution >= 0.6 is 0 Å². The van der Waals surface area contributed by atoms with Crippen LogP contribution in [0.5, 0.6) is 0 Å². The Morgan fingerprint density at radius 3 is 2.71 bits per heavy atom. The van der Waals surface area contributed by atoms with Gasteiger partial charge in [-0.2, -0.15) is 0 Å². The summed E-state index contributed by atoms with van der Waals surface area (Å²) >= 11 is 0. The molecule has 0 bridgehead atoms. The van der Waals surface area contributed by atoms with Gasteiger partial charge in [-0.05, 0) is 29.2 Å². The van der Waals surface area contributed by atoms with E-state index in [9.17, 15) is 9.59 Å². The molecule has 2 aliphatic rings. The fraction of sp³-hybridized carbons (Fsp3) is 0.222. The maximum absolute atomic E-state index is 12.5. The van der Waals surface area contributed by atoms with Crippen LogP contribution < -0.4 is 0 Å². The molecule has 1 heterocycles. The Kier molecular flexibility index (Phi) is 2.52. The van der Waals surface area contributed by atoms with E-state index in [1.54, 1.807) is 0 Å². The minimum Gasteiger partial charge on any atom is -0.392 e. The average molecular weight is 278 g/mol. The number of ether oxygens (including phenoxy) is 1. The second kappa shape index (κ2) is 4.29. The van der Waals surface area contributed by atoms with E-state index in [1.807, 2.05) is 54.6 Å². The molecule has 1 fully saturated rings. The van der Waals surface area contributed by atoms with Gasteiger partial charge in [0.2, 0.25) is 0 Å². The Balaban J connectivity index is 2.03. The van der Waals surface area contributed by atoms with Gasteiger partial charge >= 0.3 is 11.9 Å². The Hall–Kier alpha value is -2.42. The quantitative estimate of drug-likeness (QED) is 0.457. The molecule has 0 radical (unpaired) electrons. The zero-order valence-corrected chi connectivity index (χ0v) is 11.4. The highest BCUT2D eigenvalue weighted by Crippen LogP contribution is 2.48. The largest absolute Gasteiger partial charge is 0.392 e. The van der Waals surface area contributed by atoms with Crippen molar-refractivity contribution in [2.75, 3.05) is 0 Å². The third-order valence-electron chi connectivity index (χ3n) is 4.69. The lowest BCUT2D eigenvalue weighted by molar-refractivity contribution is -0.154. The van der Waals surface area contributed by atoms with Crippen LogP contribution in [0.1, 0.15) is 18.4 Å². The minimum absolute atomic E-state index is 0.391. The summed E-state index contributed by atoms with van der Waals surface area (Å²) in [4.78, 5) is 24.6. The normalized spacial score (nSPS) is 27.7. The lowest BCUT2D eigenvalue weighted by Gasteiger charge is -2.32. The first-order valence-electron chi connectivity index (χ1n) is 7.13. The molecule has 0 spiro atoms. The van der Waals surface area contributed by atoms with Crippen molar-refractivity contribution in [3.05, 3.63) is 60.2 Å². The second-order valence-corrected chi connectivity index (χ2v) is 5.67. The Morgan fingerprint density at radius 2 is 1.81 bits per heavy atom. The van der Waals surface area contributed by atoms with Gasteiger partial charge in [-0.3, -0.25) is 9.59 Å². The standard InChI is InChI=1S/C18H14O3/c19-16-15-9-3-4-11-18(15,17(20)21-16)14-10-5-7-12-6-1-2-8-13(12)14/h1-8,10,15H,9,11H2/t15-,18+/m0/s1. The van der Waals surface area contributed by atoms with Gasteiger partial charge < -0.3 is 4.74 Å². The van der Waals surface area contributed by atoms with E-state index in [4.69, 9.17) is 4.74 Å². The molecule has 0 saturated carbocycles. The minimum atomic E-state index is -0.854. The second-order valence-electron chi connectivity index (χ2n) is 5.67. The molecule has 0 amide bonds. The lowest BCUT2D eigenvalue weighted by atomic mass is 9.65. The molecule has 3 nitrogen and oxygen atoms in total. The van der Waals surface area contributed by atoms with Crippen LogP contribution in [0, 0.1) is 5.92 Å². The van der Waals surface area contributed by atoms with Crippen LogP contribution in [0.25, 0.3) is 10.8 Å². The number of cyclic esters (lactones) is 2. The number of fused-ring (bicyclic) bond motifs is 2. The molecule has 104 valence electrons. The highest BCUT2D eigenvalue weighted by molar-refractivity contribution is 6.06. The van der Waals surface area contributed by atoms with E-state index >= 15 is 0 Å². The average Bonchev–Trinajstić information content (AvgIpc) is 2.79. The van der Waals surface area contributed by atoms with Crippen molar-refractivity contribution in [1.29, 1.82) is 0 Å². The van der Waals surface area contributed by atoms with Gasteiger partial charge in [0.25, 0.3) is 0 Å². The van der Waals surface area contributed by atoms with Gasteiger partial charge in [0.05, 0.1) is 5.92 Å². The molecule has 2 aromatic rings. The zero-order valence-electron chi connectivity index (χ0n) is 11.4. The Bertz CT molecular complexity index is 785. The number of hydrogen-bond acceptors (Lipinski definition) is 3. The van der Waals surface area contributed by atoms with Gasteiger partial charge in [0.15, 0.2) is 0 Å². The summed E-state index contributed by atoms with van der Waals surface area (Å²) in [6.45, 7) is 0. The highest BCUT2D eigenvalue weighted by Gasteiger charge is 2.58. The third kappa shape index (κ3) is 1.54. The van der Waals surface area contributed by atoms with Crippen molar-refractivity contribution < 1.29 is 14.3 Å². The molecular weight excluding hydrogens is 264 g/mol. The van der Waals surface area contributed by atoms with E-state index < -0.39 is 23.3 Å².